The lowest BCUT2D eigenvalue weighted by Crippen LogP contribution is -2.12. The zero-order chi connectivity index (χ0) is 11.7. The van der Waals surface area contributed by atoms with Gasteiger partial charge < -0.3 is 15.7 Å². The van der Waals surface area contributed by atoms with E-state index in [9.17, 15) is 4.79 Å². The fourth-order valence-electron chi connectivity index (χ4n) is 1.53. The summed E-state index contributed by atoms with van der Waals surface area (Å²) in [4.78, 5) is 11.7. The van der Waals surface area contributed by atoms with Crippen molar-refractivity contribution in [3.63, 3.8) is 0 Å². The Labute approximate surface area is 96.2 Å². The summed E-state index contributed by atoms with van der Waals surface area (Å²) in [6.07, 6.45) is 0. The number of carbonyl (C=O) groups excluding carboxylic acids is 1. The minimum Gasteiger partial charge on any atom is -0.326 e. The zero-order valence-electron chi connectivity index (χ0n) is 9.02. The number of hydrogen-bond acceptors (Lipinski definition) is 4. The number of benzene rings is 1. The van der Waals surface area contributed by atoms with Crippen molar-refractivity contribution in [2.24, 2.45) is 18.0 Å². The molecular formula is C10H12N4OS. The summed E-state index contributed by atoms with van der Waals surface area (Å²) in [5, 5.41) is 6.43. The Morgan fingerprint density at radius 1 is 1.56 bits per heavy atom. The average molecular weight is 236 g/mol. The normalized spacial score (nSPS) is 12.0. The third-order valence-electron chi connectivity index (χ3n) is 2.24. The molecule has 0 atom stereocenters. The maximum absolute atomic E-state index is 10.9. The third-order valence-corrected chi connectivity index (χ3v) is 3.37. The van der Waals surface area contributed by atoms with Gasteiger partial charge in [-0.15, -0.1) is 0 Å². The van der Waals surface area contributed by atoms with E-state index >= 15 is 0 Å². The Morgan fingerprint density at radius 2 is 2.31 bits per heavy atom. The largest absolute Gasteiger partial charge is 0.326 e. The van der Waals surface area contributed by atoms with Crippen LogP contribution in [0, 0.1) is 0 Å². The molecule has 0 bridgehead atoms. The first kappa shape index (κ1) is 10.7. The van der Waals surface area contributed by atoms with Gasteiger partial charge in [0.15, 0.2) is 0 Å². The van der Waals surface area contributed by atoms with Crippen LogP contribution in [0.2, 0.25) is 0 Å². The van der Waals surface area contributed by atoms with E-state index in [0.717, 1.165) is 20.7 Å². The Bertz CT molecular complexity index is 611. The van der Waals surface area contributed by atoms with Crippen LogP contribution in [0.15, 0.2) is 23.3 Å². The average Bonchev–Trinajstić information content (AvgIpc) is 2.55. The van der Waals surface area contributed by atoms with Gasteiger partial charge in [0, 0.05) is 19.7 Å². The topological polar surface area (TPSA) is 72.4 Å². The maximum Gasteiger partial charge on any atom is 0.221 e. The van der Waals surface area contributed by atoms with Crippen LogP contribution < -0.4 is 16.0 Å². The van der Waals surface area contributed by atoms with Crippen molar-refractivity contribution >= 4 is 33.1 Å². The molecule has 16 heavy (non-hydrogen) atoms. The highest BCUT2D eigenvalue weighted by molar-refractivity contribution is 7.16. The van der Waals surface area contributed by atoms with Gasteiger partial charge in [0.2, 0.25) is 10.7 Å². The fourth-order valence-corrected chi connectivity index (χ4v) is 2.45. The van der Waals surface area contributed by atoms with Crippen LogP contribution >= 0.6 is 11.3 Å². The standard InChI is InChI=1S/C10H12N4OS/c1-6(15)12-7-3-4-9-8(5-7)14(2)10(13-11)16-9/h3-5H,11H2,1-2H3,(H,12,15). The number of nitrogens with one attached hydrogen (secondary N) is 1. The van der Waals surface area contributed by atoms with E-state index in [0.29, 0.717) is 0 Å². The quantitative estimate of drug-likeness (QED) is 0.572. The van der Waals surface area contributed by atoms with E-state index in [2.05, 4.69) is 10.4 Å². The summed E-state index contributed by atoms with van der Waals surface area (Å²) in [5.74, 6) is 5.20. The van der Waals surface area contributed by atoms with Gasteiger partial charge in [0.25, 0.3) is 0 Å². The van der Waals surface area contributed by atoms with E-state index in [1.165, 1.54) is 18.3 Å². The van der Waals surface area contributed by atoms with E-state index in [-0.39, 0.29) is 5.91 Å². The number of hydrogen-bond donors (Lipinski definition) is 2. The van der Waals surface area contributed by atoms with Crippen LogP contribution in [-0.2, 0) is 11.8 Å². The number of thiazole rings is 1. The molecule has 2 rings (SSSR count). The molecule has 0 saturated carbocycles. The van der Waals surface area contributed by atoms with Crippen LogP contribution in [0.5, 0.6) is 0 Å². The number of aromatic nitrogens is 1. The molecular weight excluding hydrogens is 224 g/mol. The number of fused-ring (bicyclic) bond motifs is 1. The van der Waals surface area contributed by atoms with Gasteiger partial charge in [-0.1, -0.05) is 11.3 Å². The Balaban J connectivity index is 2.61. The second kappa shape index (κ2) is 3.97. The van der Waals surface area contributed by atoms with E-state index in [1.807, 2.05) is 29.8 Å². The molecule has 2 aromatic rings. The van der Waals surface area contributed by atoms with Crippen molar-refractivity contribution in [2.45, 2.75) is 6.92 Å². The van der Waals surface area contributed by atoms with Crippen LogP contribution in [0.4, 0.5) is 5.69 Å². The Kier molecular flexibility index (Phi) is 2.66. The highest BCUT2D eigenvalue weighted by Crippen LogP contribution is 2.20. The maximum atomic E-state index is 10.9. The van der Waals surface area contributed by atoms with E-state index < -0.39 is 0 Å². The summed E-state index contributed by atoms with van der Waals surface area (Å²) in [6.45, 7) is 1.48. The molecule has 0 fully saturated rings. The van der Waals surface area contributed by atoms with Crippen molar-refractivity contribution in [2.75, 3.05) is 5.32 Å². The number of nitrogens with two attached hydrogens (primary N) is 1. The summed E-state index contributed by atoms with van der Waals surface area (Å²) in [6, 6.07) is 5.71. The van der Waals surface area contributed by atoms with Crippen molar-refractivity contribution in [3.8, 4) is 0 Å². The molecule has 0 radical (unpaired) electrons. The highest BCUT2D eigenvalue weighted by atomic mass is 32.1. The van der Waals surface area contributed by atoms with Gasteiger partial charge in [-0.25, -0.2) is 0 Å². The lowest BCUT2D eigenvalue weighted by atomic mass is 10.3. The molecule has 1 aromatic carbocycles. The molecule has 0 unspecified atom stereocenters. The number of amides is 1. The summed E-state index contributed by atoms with van der Waals surface area (Å²) >= 11 is 1.51. The fraction of sp³-hybridized carbons (Fsp3) is 0.200. The van der Waals surface area contributed by atoms with Crippen LogP contribution in [0.3, 0.4) is 0 Å². The Morgan fingerprint density at radius 3 is 2.94 bits per heavy atom. The predicted molar refractivity (Wildman–Crippen MR) is 64.9 cm³/mol. The molecule has 3 N–H and O–H groups in total. The van der Waals surface area contributed by atoms with Crippen LogP contribution in [0.1, 0.15) is 6.92 Å². The first-order valence-corrected chi connectivity index (χ1v) is 5.54. The molecule has 5 nitrogen and oxygen atoms in total. The van der Waals surface area contributed by atoms with Gasteiger partial charge in [0.1, 0.15) is 0 Å². The highest BCUT2D eigenvalue weighted by Gasteiger charge is 2.04. The van der Waals surface area contributed by atoms with Crippen molar-refractivity contribution < 1.29 is 4.79 Å². The van der Waals surface area contributed by atoms with Gasteiger partial charge in [-0.3, -0.25) is 4.79 Å². The van der Waals surface area contributed by atoms with Gasteiger partial charge in [0.05, 0.1) is 10.2 Å². The number of rotatable bonds is 1. The second-order valence-corrected chi connectivity index (χ2v) is 4.45. The molecule has 1 heterocycles. The van der Waals surface area contributed by atoms with Gasteiger partial charge in [-0.2, -0.15) is 5.10 Å². The van der Waals surface area contributed by atoms with Crippen molar-refractivity contribution in [3.05, 3.63) is 23.0 Å². The molecule has 1 amide bonds. The minimum atomic E-state index is -0.0824. The van der Waals surface area contributed by atoms with E-state index in [4.69, 9.17) is 5.84 Å². The lowest BCUT2D eigenvalue weighted by molar-refractivity contribution is -0.114. The Hall–Kier alpha value is -1.82. The SMILES string of the molecule is CC(=O)Nc1ccc2sc(=NN)n(C)c2c1. The predicted octanol–water partition coefficient (Wildman–Crippen LogP) is 0.973. The first-order valence-electron chi connectivity index (χ1n) is 4.73. The minimum absolute atomic E-state index is 0.0824. The van der Waals surface area contributed by atoms with Crippen LogP contribution in [0.25, 0.3) is 10.2 Å². The first-order chi connectivity index (χ1) is 7.61. The zero-order valence-corrected chi connectivity index (χ0v) is 9.84. The summed E-state index contributed by atoms with van der Waals surface area (Å²) in [7, 11) is 1.89. The number of carbonyl (C=O) groups is 1. The van der Waals surface area contributed by atoms with Crippen molar-refractivity contribution in [1.29, 1.82) is 0 Å². The molecule has 0 aliphatic heterocycles. The molecule has 0 aliphatic rings. The molecule has 0 spiro atoms. The molecule has 0 saturated heterocycles. The molecule has 0 aliphatic carbocycles. The van der Waals surface area contributed by atoms with E-state index in [1.54, 1.807) is 0 Å². The number of anilines is 1. The molecule has 1 aromatic heterocycles. The molecule has 6 heteroatoms. The molecule has 84 valence electrons. The lowest BCUT2D eigenvalue weighted by Gasteiger charge is -2.02. The van der Waals surface area contributed by atoms with Gasteiger partial charge in [-0.05, 0) is 18.2 Å². The van der Waals surface area contributed by atoms with Gasteiger partial charge >= 0.3 is 0 Å². The number of aryl methyl sites for hydroxylation is 1. The monoisotopic (exact) mass is 236 g/mol. The summed E-state index contributed by atoms with van der Waals surface area (Å²) in [5.41, 5.74) is 1.78. The smallest absolute Gasteiger partial charge is 0.221 e. The second-order valence-electron chi connectivity index (χ2n) is 3.44. The third kappa shape index (κ3) is 1.79. The summed E-state index contributed by atoms with van der Waals surface area (Å²) < 4.78 is 2.98. The van der Waals surface area contributed by atoms with Crippen LogP contribution in [-0.4, -0.2) is 10.5 Å². The number of nitrogens with zero attached hydrogens (tertiary/aromatic N) is 2. The van der Waals surface area contributed by atoms with Crippen molar-refractivity contribution in [1.82, 2.24) is 4.57 Å².